The predicted molar refractivity (Wildman–Crippen MR) is 61.8 cm³/mol. The fraction of sp³-hybridized carbons (Fsp3) is 0.0833. The van der Waals surface area contributed by atoms with Crippen molar-refractivity contribution in [1.29, 1.82) is 0 Å². The standard InChI is InChI=1S/C12H11N3O/c1-9(16)10-4-2-5-11(8-10)15-12-13-6-3-7-14-12/h2-8H,1H3,(H,13,14,15). The molecular formula is C12H11N3O. The van der Waals surface area contributed by atoms with Gasteiger partial charge in [0.1, 0.15) is 0 Å². The molecule has 2 rings (SSSR count). The van der Waals surface area contributed by atoms with E-state index in [1.807, 2.05) is 12.1 Å². The van der Waals surface area contributed by atoms with Gasteiger partial charge in [-0.3, -0.25) is 4.79 Å². The zero-order chi connectivity index (χ0) is 11.4. The van der Waals surface area contributed by atoms with Gasteiger partial charge in [-0.1, -0.05) is 12.1 Å². The molecule has 1 heterocycles. The molecule has 0 spiro atoms. The van der Waals surface area contributed by atoms with E-state index in [0.717, 1.165) is 5.69 Å². The lowest BCUT2D eigenvalue weighted by Gasteiger charge is -2.04. The Balaban J connectivity index is 2.22. The van der Waals surface area contributed by atoms with E-state index in [-0.39, 0.29) is 5.78 Å². The maximum absolute atomic E-state index is 11.2. The molecule has 0 fully saturated rings. The Labute approximate surface area is 93.4 Å². The van der Waals surface area contributed by atoms with Gasteiger partial charge in [-0.2, -0.15) is 0 Å². The highest BCUT2D eigenvalue weighted by Crippen LogP contribution is 2.14. The van der Waals surface area contributed by atoms with E-state index in [0.29, 0.717) is 11.5 Å². The van der Waals surface area contributed by atoms with Crippen LogP contribution in [-0.4, -0.2) is 15.8 Å². The highest BCUT2D eigenvalue weighted by atomic mass is 16.1. The van der Waals surface area contributed by atoms with Crippen LogP contribution < -0.4 is 5.32 Å². The second-order valence-electron chi connectivity index (χ2n) is 3.33. The lowest BCUT2D eigenvalue weighted by atomic mass is 10.1. The summed E-state index contributed by atoms with van der Waals surface area (Å²) < 4.78 is 0. The molecule has 0 bridgehead atoms. The average molecular weight is 213 g/mol. The Morgan fingerprint density at radius 1 is 1.19 bits per heavy atom. The number of ketones is 1. The lowest BCUT2D eigenvalue weighted by Crippen LogP contribution is -1.98. The number of carbonyl (C=O) groups excluding carboxylic acids is 1. The first kappa shape index (κ1) is 10.3. The van der Waals surface area contributed by atoms with Crippen molar-refractivity contribution in [2.45, 2.75) is 6.92 Å². The molecule has 80 valence electrons. The molecule has 1 aromatic heterocycles. The number of carbonyl (C=O) groups is 1. The second-order valence-corrected chi connectivity index (χ2v) is 3.33. The van der Waals surface area contributed by atoms with Gasteiger partial charge < -0.3 is 5.32 Å². The highest BCUT2D eigenvalue weighted by molar-refractivity contribution is 5.95. The Kier molecular flexibility index (Phi) is 2.91. The van der Waals surface area contributed by atoms with E-state index in [2.05, 4.69) is 15.3 Å². The largest absolute Gasteiger partial charge is 0.324 e. The van der Waals surface area contributed by atoms with E-state index in [4.69, 9.17) is 0 Å². The number of hydrogen-bond acceptors (Lipinski definition) is 4. The molecule has 0 aliphatic rings. The van der Waals surface area contributed by atoms with Crippen molar-refractivity contribution in [3.05, 3.63) is 48.3 Å². The minimum atomic E-state index is 0.0395. The number of benzene rings is 1. The van der Waals surface area contributed by atoms with Gasteiger partial charge in [0, 0.05) is 23.6 Å². The van der Waals surface area contributed by atoms with Crippen molar-refractivity contribution in [2.24, 2.45) is 0 Å². The van der Waals surface area contributed by atoms with Crippen LogP contribution in [0.4, 0.5) is 11.6 Å². The summed E-state index contributed by atoms with van der Waals surface area (Å²) in [5, 5.41) is 3.02. The van der Waals surface area contributed by atoms with E-state index >= 15 is 0 Å². The van der Waals surface area contributed by atoms with E-state index in [1.165, 1.54) is 6.92 Å². The molecule has 1 aromatic carbocycles. The van der Waals surface area contributed by atoms with Gasteiger partial charge >= 0.3 is 0 Å². The average Bonchev–Trinajstić information content (AvgIpc) is 2.30. The zero-order valence-electron chi connectivity index (χ0n) is 8.84. The molecule has 0 saturated heterocycles. The fourth-order valence-corrected chi connectivity index (χ4v) is 1.31. The molecule has 2 aromatic rings. The molecule has 16 heavy (non-hydrogen) atoms. The maximum Gasteiger partial charge on any atom is 0.227 e. The Morgan fingerprint density at radius 3 is 2.62 bits per heavy atom. The molecule has 0 atom stereocenters. The van der Waals surface area contributed by atoms with Crippen molar-refractivity contribution >= 4 is 17.4 Å². The van der Waals surface area contributed by atoms with Crippen LogP contribution in [0.1, 0.15) is 17.3 Å². The molecule has 4 heteroatoms. The molecular weight excluding hydrogens is 202 g/mol. The number of nitrogens with zero attached hydrogens (tertiary/aromatic N) is 2. The second kappa shape index (κ2) is 4.53. The predicted octanol–water partition coefficient (Wildman–Crippen LogP) is 2.42. The van der Waals surface area contributed by atoms with E-state index in [1.54, 1.807) is 30.6 Å². The van der Waals surface area contributed by atoms with Gasteiger partial charge in [0.05, 0.1) is 0 Å². The number of aromatic nitrogens is 2. The highest BCUT2D eigenvalue weighted by Gasteiger charge is 2.01. The third kappa shape index (κ3) is 2.42. The van der Waals surface area contributed by atoms with Crippen LogP contribution in [0.15, 0.2) is 42.7 Å². The zero-order valence-corrected chi connectivity index (χ0v) is 8.84. The van der Waals surface area contributed by atoms with Crippen LogP contribution in [0.2, 0.25) is 0 Å². The van der Waals surface area contributed by atoms with Crippen molar-refractivity contribution in [1.82, 2.24) is 9.97 Å². The van der Waals surface area contributed by atoms with Gasteiger partial charge in [0.2, 0.25) is 5.95 Å². The van der Waals surface area contributed by atoms with Gasteiger partial charge in [-0.25, -0.2) is 9.97 Å². The van der Waals surface area contributed by atoms with Crippen LogP contribution in [0.25, 0.3) is 0 Å². The third-order valence-corrected chi connectivity index (χ3v) is 2.09. The summed E-state index contributed by atoms with van der Waals surface area (Å²) in [7, 11) is 0. The molecule has 0 aliphatic heterocycles. The normalized spacial score (nSPS) is 9.81. The summed E-state index contributed by atoms with van der Waals surface area (Å²) in [6, 6.07) is 8.99. The summed E-state index contributed by atoms with van der Waals surface area (Å²) in [5.74, 6) is 0.556. The molecule has 0 radical (unpaired) electrons. The van der Waals surface area contributed by atoms with Crippen molar-refractivity contribution in [2.75, 3.05) is 5.32 Å². The van der Waals surface area contributed by atoms with Crippen LogP contribution >= 0.6 is 0 Å². The first-order valence-electron chi connectivity index (χ1n) is 4.91. The van der Waals surface area contributed by atoms with Gasteiger partial charge in [-0.15, -0.1) is 0 Å². The van der Waals surface area contributed by atoms with Gasteiger partial charge in [-0.05, 0) is 25.1 Å². The number of rotatable bonds is 3. The summed E-state index contributed by atoms with van der Waals surface area (Å²) in [6.07, 6.45) is 3.31. The third-order valence-electron chi connectivity index (χ3n) is 2.09. The molecule has 0 aliphatic carbocycles. The molecule has 0 amide bonds. The van der Waals surface area contributed by atoms with Crippen molar-refractivity contribution < 1.29 is 4.79 Å². The minimum absolute atomic E-state index is 0.0395. The first-order chi connectivity index (χ1) is 7.75. The topological polar surface area (TPSA) is 54.9 Å². The quantitative estimate of drug-likeness (QED) is 0.795. The Hall–Kier alpha value is -2.23. The Morgan fingerprint density at radius 2 is 1.94 bits per heavy atom. The Bertz CT molecular complexity index is 497. The van der Waals surface area contributed by atoms with E-state index < -0.39 is 0 Å². The van der Waals surface area contributed by atoms with Crippen LogP contribution in [-0.2, 0) is 0 Å². The van der Waals surface area contributed by atoms with Crippen LogP contribution in [0, 0.1) is 0 Å². The molecule has 0 saturated carbocycles. The van der Waals surface area contributed by atoms with Crippen molar-refractivity contribution in [3.63, 3.8) is 0 Å². The number of Topliss-reactive ketones (excluding diaryl/α,β-unsaturated/α-hetero) is 1. The monoisotopic (exact) mass is 213 g/mol. The van der Waals surface area contributed by atoms with Gasteiger partial charge in [0.15, 0.2) is 5.78 Å². The molecule has 0 unspecified atom stereocenters. The lowest BCUT2D eigenvalue weighted by molar-refractivity contribution is 0.101. The fourth-order valence-electron chi connectivity index (χ4n) is 1.31. The number of anilines is 2. The summed E-state index contributed by atoms with van der Waals surface area (Å²) in [4.78, 5) is 19.3. The summed E-state index contributed by atoms with van der Waals surface area (Å²) in [6.45, 7) is 1.54. The van der Waals surface area contributed by atoms with Gasteiger partial charge in [0.25, 0.3) is 0 Å². The summed E-state index contributed by atoms with van der Waals surface area (Å²) in [5.41, 5.74) is 1.47. The smallest absolute Gasteiger partial charge is 0.227 e. The first-order valence-corrected chi connectivity index (χ1v) is 4.91. The van der Waals surface area contributed by atoms with Crippen LogP contribution in [0.5, 0.6) is 0 Å². The SMILES string of the molecule is CC(=O)c1cccc(Nc2ncccn2)c1. The van der Waals surface area contributed by atoms with Crippen molar-refractivity contribution in [3.8, 4) is 0 Å². The number of nitrogens with one attached hydrogen (secondary N) is 1. The number of hydrogen-bond donors (Lipinski definition) is 1. The van der Waals surface area contributed by atoms with E-state index in [9.17, 15) is 4.79 Å². The minimum Gasteiger partial charge on any atom is -0.324 e. The maximum atomic E-state index is 11.2. The summed E-state index contributed by atoms with van der Waals surface area (Å²) >= 11 is 0. The molecule has 1 N–H and O–H groups in total. The van der Waals surface area contributed by atoms with Crippen LogP contribution in [0.3, 0.4) is 0 Å². The molecule has 4 nitrogen and oxygen atoms in total.